The lowest BCUT2D eigenvalue weighted by molar-refractivity contribution is -0.119. The zero-order valence-corrected chi connectivity index (χ0v) is 17.1. The number of halogens is 2. The van der Waals surface area contributed by atoms with Crippen LogP contribution in [0.25, 0.3) is 0 Å². The third-order valence-electron chi connectivity index (χ3n) is 5.63. The van der Waals surface area contributed by atoms with Crippen molar-refractivity contribution < 1.29 is 23.1 Å². The Morgan fingerprint density at radius 2 is 2.00 bits per heavy atom. The van der Waals surface area contributed by atoms with E-state index >= 15 is 4.39 Å². The molecule has 3 atom stereocenters. The molecule has 9 heteroatoms. The lowest BCUT2D eigenvalue weighted by Crippen LogP contribution is -2.52. The van der Waals surface area contributed by atoms with Crippen LogP contribution in [0, 0.1) is 5.82 Å². The van der Waals surface area contributed by atoms with E-state index in [4.69, 9.17) is 4.74 Å². The SMILES string of the molecule is CC(=O)NC[C@H]1CN(C2(C)C=C(F)C(C)(Nc3cc(F)cccc3=O)CC2)C(=O)O1. The smallest absolute Gasteiger partial charge is 0.411 e. The molecule has 7 nitrogen and oxygen atoms in total. The molecule has 162 valence electrons. The molecule has 2 unspecified atom stereocenters. The summed E-state index contributed by atoms with van der Waals surface area (Å²) >= 11 is 0. The second-order valence-electron chi connectivity index (χ2n) is 8.19. The van der Waals surface area contributed by atoms with Crippen molar-refractivity contribution in [1.82, 2.24) is 10.2 Å². The number of carbonyl (C=O) groups is 2. The van der Waals surface area contributed by atoms with Crippen LogP contribution in [0.1, 0.15) is 33.6 Å². The molecule has 0 saturated carbocycles. The van der Waals surface area contributed by atoms with E-state index in [0.29, 0.717) is 6.42 Å². The number of hydrogen-bond donors (Lipinski definition) is 2. The lowest BCUT2D eigenvalue weighted by Gasteiger charge is -2.43. The summed E-state index contributed by atoms with van der Waals surface area (Å²) in [5.41, 5.74) is -2.65. The number of carbonyl (C=O) groups excluding carboxylic acids is 2. The molecule has 0 spiro atoms. The minimum absolute atomic E-state index is 0.0388. The third kappa shape index (κ3) is 4.44. The molecule has 1 aromatic carbocycles. The zero-order valence-electron chi connectivity index (χ0n) is 17.1. The Hall–Kier alpha value is -2.97. The van der Waals surface area contributed by atoms with E-state index in [0.717, 1.165) is 12.1 Å². The summed E-state index contributed by atoms with van der Waals surface area (Å²) in [4.78, 5) is 37.0. The van der Waals surface area contributed by atoms with E-state index in [9.17, 15) is 18.8 Å². The molecule has 3 rings (SSSR count). The lowest BCUT2D eigenvalue weighted by atomic mass is 9.78. The van der Waals surface area contributed by atoms with Gasteiger partial charge in [0.05, 0.1) is 29.9 Å². The number of nitrogens with one attached hydrogen (secondary N) is 2. The molecular formula is C21H25F2N3O4. The first-order chi connectivity index (χ1) is 14.0. The quantitative estimate of drug-likeness (QED) is 0.763. The molecule has 1 saturated heterocycles. The van der Waals surface area contributed by atoms with E-state index in [2.05, 4.69) is 10.6 Å². The van der Waals surface area contributed by atoms with Crippen LogP contribution in [0.5, 0.6) is 0 Å². The molecule has 2 amide bonds. The monoisotopic (exact) mass is 421 g/mol. The van der Waals surface area contributed by atoms with Crippen LogP contribution in [-0.2, 0) is 9.53 Å². The molecule has 30 heavy (non-hydrogen) atoms. The first-order valence-electron chi connectivity index (χ1n) is 9.72. The summed E-state index contributed by atoms with van der Waals surface area (Å²) in [6, 6.07) is 4.69. The highest BCUT2D eigenvalue weighted by Gasteiger charge is 2.47. The van der Waals surface area contributed by atoms with Crippen LogP contribution < -0.4 is 16.1 Å². The Kier molecular flexibility index (Phi) is 5.83. The number of amides is 2. The van der Waals surface area contributed by atoms with E-state index in [1.165, 1.54) is 30.0 Å². The molecule has 2 N–H and O–H groups in total. The molecule has 1 fully saturated rings. The van der Waals surface area contributed by atoms with Crippen LogP contribution in [0.2, 0.25) is 0 Å². The minimum atomic E-state index is -1.22. The van der Waals surface area contributed by atoms with Gasteiger partial charge in [-0.25, -0.2) is 13.6 Å². The summed E-state index contributed by atoms with van der Waals surface area (Å²) in [5, 5.41) is 5.44. The van der Waals surface area contributed by atoms with Gasteiger partial charge in [-0.2, -0.15) is 0 Å². The van der Waals surface area contributed by atoms with Gasteiger partial charge in [-0.3, -0.25) is 14.5 Å². The van der Waals surface area contributed by atoms with Crippen molar-refractivity contribution in [3.63, 3.8) is 0 Å². The van der Waals surface area contributed by atoms with Gasteiger partial charge in [0.15, 0.2) is 0 Å². The molecule has 1 aromatic rings. The molecular weight excluding hydrogens is 396 g/mol. The molecule has 0 bridgehead atoms. The van der Waals surface area contributed by atoms with Crippen molar-refractivity contribution >= 4 is 17.7 Å². The molecule has 1 aliphatic carbocycles. The summed E-state index contributed by atoms with van der Waals surface area (Å²) < 4.78 is 34.2. The Morgan fingerprint density at radius 1 is 1.27 bits per heavy atom. The molecule has 1 aliphatic heterocycles. The van der Waals surface area contributed by atoms with Crippen molar-refractivity contribution in [3.8, 4) is 0 Å². The number of ether oxygens (including phenoxy) is 1. The van der Waals surface area contributed by atoms with Gasteiger partial charge in [-0.05, 0) is 44.9 Å². The van der Waals surface area contributed by atoms with Gasteiger partial charge in [-0.1, -0.05) is 6.07 Å². The second-order valence-corrected chi connectivity index (χ2v) is 8.19. The Bertz CT molecular complexity index is 954. The van der Waals surface area contributed by atoms with Crippen molar-refractivity contribution in [2.24, 2.45) is 0 Å². The summed E-state index contributed by atoms with van der Waals surface area (Å²) in [6.45, 7) is 5.09. The average molecular weight is 421 g/mol. The maximum Gasteiger partial charge on any atom is 0.411 e. The Balaban J connectivity index is 1.80. The van der Waals surface area contributed by atoms with Crippen LogP contribution in [0.3, 0.4) is 0 Å². The highest BCUT2D eigenvalue weighted by molar-refractivity contribution is 5.74. The summed E-state index contributed by atoms with van der Waals surface area (Å²) in [5.74, 6) is -1.40. The van der Waals surface area contributed by atoms with Crippen LogP contribution in [0.15, 0.2) is 41.0 Å². The van der Waals surface area contributed by atoms with Gasteiger partial charge in [0.2, 0.25) is 11.3 Å². The Labute approximate surface area is 173 Å². The fourth-order valence-corrected chi connectivity index (χ4v) is 3.73. The van der Waals surface area contributed by atoms with Gasteiger partial charge >= 0.3 is 6.09 Å². The summed E-state index contributed by atoms with van der Waals surface area (Å²) in [7, 11) is 0. The maximum atomic E-state index is 15.2. The minimum Gasteiger partial charge on any atom is -0.442 e. The number of rotatable bonds is 5. The van der Waals surface area contributed by atoms with Gasteiger partial charge in [0.1, 0.15) is 17.7 Å². The predicted octanol–water partition coefficient (Wildman–Crippen LogP) is 2.72. The van der Waals surface area contributed by atoms with Crippen molar-refractivity contribution in [3.05, 3.63) is 52.2 Å². The number of hydrogen-bond acceptors (Lipinski definition) is 5. The largest absolute Gasteiger partial charge is 0.442 e. The standard InChI is InChI=1S/C21H25F2N3O4/c1-13(27)24-11-15-12-26(19(29)30-15)20(2)7-8-21(3,18(23)10-20)25-16-9-14(22)5-4-6-17(16)28/h4-6,9-10,15H,7-8,11-12H2,1-3H3,(H,24,27)(H,25,28)/t15-,20?,21?/m0/s1. The number of nitrogens with zero attached hydrogens (tertiary/aromatic N) is 1. The summed E-state index contributed by atoms with van der Waals surface area (Å²) in [6.07, 6.45) is 0.895. The molecule has 1 heterocycles. The molecule has 0 aromatic heterocycles. The van der Waals surface area contributed by atoms with Gasteiger partial charge in [0.25, 0.3) is 0 Å². The highest BCUT2D eigenvalue weighted by atomic mass is 19.1. The number of cyclic esters (lactones) is 1. The normalized spacial score (nSPS) is 28.6. The van der Waals surface area contributed by atoms with E-state index in [-0.39, 0.29) is 31.1 Å². The fourth-order valence-electron chi connectivity index (χ4n) is 3.73. The topological polar surface area (TPSA) is 87.7 Å². The molecule has 2 aliphatic rings. The van der Waals surface area contributed by atoms with Crippen LogP contribution >= 0.6 is 0 Å². The van der Waals surface area contributed by atoms with Crippen molar-refractivity contribution in [1.29, 1.82) is 0 Å². The molecule has 0 radical (unpaired) electrons. The first kappa shape index (κ1) is 21.7. The highest BCUT2D eigenvalue weighted by Crippen LogP contribution is 2.41. The van der Waals surface area contributed by atoms with Crippen molar-refractivity contribution in [2.45, 2.75) is 50.8 Å². The first-order valence-corrected chi connectivity index (χ1v) is 9.72. The third-order valence-corrected chi connectivity index (χ3v) is 5.63. The van der Waals surface area contributed by atoms with E-state index in [1.807, 2.05) is 0 Å². The van der Waals surface area contributed by atoms with Gasteiger partial charge in [0, 0.05) is 13.0 Å². The van der Waals surface area contributed by atoms with Gasteiger partial charge in [-0.15, -0.1) is 0 Å². The van der Waals surface area contributed by atoms with E-state index < -0.39 is 40.3 Å². The predicted molar refractivity (Wildman–Crippen MR) is 107 cm³/mol. The average Bonchev–Trinajstić information content (AvgIpc) is 2.97. The van der Waals surface area contributed by atoms with Crippen molar-refractivity contribution in [2.75, 3.05) is 18.4 Å². The second kappa shape index (κ2) is 8.04. The number of anilines is 1. The Morgan fingerprint density at radius 3 is 2.67 bits per heavy atom. The zero-order chi connectivity index (χ0) is 22.1. The van der Waals surface area contributed by atoms with Crippen LogP contribution in [-0.4, -0.2) is 47.2 Å². The fraction of sp³-hybridized carbons (Fsp3) is 0.476. The maximum absolute atomic E-state index is 15.2. The van der Waals surface area contributed by atoms with Gasteiger partial charge < -0.3 is 15.4 Å². The van der Waals surface area contributed by atoms with Crippen LogP contribution in [0.4, 0.5) is 19.3 Å². The van der Waals surface area contributed by atoms with E-state index in [1.54, 1.807) is 13.8 Å².